The molecule has 1 rings (SSSR count). The van der Waals surface area contributed by atoms with Crippen LogP contribution in [0.15, 0.2) is 0 Å². The van der Waals surface area contributed by atoms with E-state index in [-0.39, 0.29) is 11.8 Å². The lowest BCUT2D eigenvalue weighted by atomic mass is 9.83. The average Bonchev–Trinajstić information content (AvgIpc) is 2.21. The van der Waals surface area contributed by atoms with E-state index in [9.17, 15) is 4.79 Å². The van der Waals surface area contributed by atoms with Crippen molar-refractivity contribution in [3.8, 4) is 0 Å². The summed E-state index contributed by atoms with van der Waals surface area (Å²) in [7, 11) is 5.74. The number of likely N-dealkylation sites (tertiary alicyclic amines) is 1. The van der Waals surface area contributed by atoms with Crippen molar-refractivity contribution in [1.29, 1.82) is 0 Å². The highest BCUT2D eigenvalue weighted by molar-refractivity contribution is 5.78. The minimum atomic E-state index is 0.0219. The lowest BCUT2D eigenvalue weighted by Gasteiger charge is -2.34. The van der Waals surface area contributed by atoms with Gasteiger partial charge in [0.1, 0.15) is 0 Å². The van der Waals surface area contributed by atoms with Gasteiger partial charge in [-0.05, 0) is 38.9 Å². The van der Waals surface area contributed by atoms with Crippen LogP contribution in [0.4, 0.5) is 0 Å². The Bertz CT molecular complexity index is 210. The van der Waals surface area contributed by atoms with E-state index < -0.39 is 0 Å². The number of nitrogens with two attached hydrogens (primary N) is 1. The summed E-state index contributed by atoms with van der Waals surface area (Å²) in [4.78, 5) is 15.9. The molecule has 0 radical (unpaired) electrons. The summed E-state index contributed by atoms with van der Waals surface area (Å²) >= 11 is 0. The van der Waals surface area contributed by atoms with E-state index in [0.29, 0.717) is 12.5 Å². The van der Waals surface area contributed by atoms with Gasteiger partial charge in [-0.1, -0.05) is 0 Å². The molecule has 1 aliphatic heterocycles. The molecule has 0 aliphatic carbocycles. The Kier molecular flexibility index (Phi) is 4.54. The molecular weight excluding hydrogens is 190 g/mol. The smallest absolute Gasteiger partial charge is 0.226 e. The topological polar surface area (TPSA) is 49.6 Å². The van der Waals surface area contributed by atoms with Crippen molar-refractivity contribution in [2.24, 2.45) is 17.6 Å². The summed E-state index contributed by atoms with van der Waals surface area (Å²) in [5, 5.41) is 0. The third-order valence-corrected chi connectivity index (χ3v) is 3.34. The maximum absolute atomic E-state index is 11.9. The highest BCUT2D eigenvalue weighted by Crippen LogP contribution is 2.24. The number of nitrogens with zero attached hydrogens (tertiary/aromatic N) is 2. The van der Waals surface area contributed by atoms with Gasteiger partial charge in [-0.2, -0.15) is 0 Å². The van der Waals surface area contributed by atoms with Crippen molar-refractivity contribution < 1.29 is 4.79 Å². The van der Waals surface area contributed by atoms with Gasteiger partial charge in [0.05, 0.1) is 5.92 Å². The molecule has 4 nitrogen and oxygen atoms in total. The minimum absolute atomic E-state index is 0.0219. The van der Waals surface area contributed by atoms with Crippen LogP contribution in [0, 0.1) is 11.8 Å². The van der Waals surface area contributed by atoms with Gasteiger partial charge in [0, 0.05) is 20.6 Å². The first kappa shape index (κ1) is 12.5. The van der Waals surface area contributed by atoms with Crippen LogP contribution >= 0.6 is 0 Å². The van der Waals surface area contributed by atoms with Crippen LogP contribution in [0.1, 0.15) is 12.8 Å². The maximum atomic E-state index is 11.9. The number of rotatable bonds is 3. The summed E-state index contributed by atoms with van der Waals surface area (Å²) in [6, 6.07) is 0. The molecule has 1 aliphatic rings. The molecule has 4 heteroatoms. The van der Waals surface area contributed by atoms with Crippen molar-refractivity contribution in [1.82, 2.24) is 9.80 Å². The lowest BCUT2D eigenvalue weighted by molar-refractivity contribution is -0.135. The van der Waals surface area contributed by atoms with Gasteiger partial charge >= 0.3 is 0 Å². The zero-order valence-corrected chi connectivity index (χ0v) is 10.1. The van der Waals surface area contributed by atoms with Gasteiger partial charge < -0.3 is 15.5 Å². The fourth-order valence-electron chi connectivity index (χ4n) is 2.26. The standard InChI is InChI=1S/C11H23N3O/c1-13(2)11(15)10(8-12)9-4-6-14(3)7-5-9/h9-10H,4-8,12H2,1-3H3/t10-/m1/s1. The van der Waals surface area contributed by atoms with Crippen molar-refractivity contribution in [2.45, 2.75) is 12.8 Å². The van der Waals surface area contributed by atoms with Gasteiger partial charge in [0.15, 0.2) is 0 Å². The number of hydrogen-bond donors (Lipinski definition) is 1. The molecule has 1 saturated heterocycles. The first-order valence-corrected chi connectivity index (χ1v) is 5.66. The third kappa shape index (κ3) is 3.18. The van der Waals surface area contributed by atoms with Crippen molar-refractivity contribution in [3.05, 3.63) is 0 Å². The van der Waals surface area contributed by atoms with Crippen molar-refractivity contribution >= 4 is 5.91 Å². The monoisotopic (exact) mass is 213 g/mol. The average molecular weight is 213 g/mol. The van der Waals surface area contributed by atoms with Crippen LogP contribution in [0.3, 0.4) is 0 Å². The first-order chi connectivity index (χ1) is 7.06. The van der Waals surface area contributed by atoms with E-state index >= 15 is 0 Å². The molecule has 15 heavy (non-hydrogen) atoms. The molecule has 0 spiro atoms. The van der Waals surface area contributed by atoms with Crippen LogP contribution in [0.25, 0.3) is 0 Å². The molecule has 0 saturated carbocycles. The van der Waals surface area contributed by atoms with Gasteiger partial charge in [0.25, 0.3) is 0 Å². The van der Waals surface area contributed by atoms with Gasteiger partial charge in [0.2, 0.25) is 5.91 Å². The Morgan fingerprint density at radius 2 is 2.00 bits per heavy atom. The van der Waals surface area contributed by atoms with E-state index in [1.807, 2.05) is 0 Å². The van der Waals surface area contributed by atoms with E-state index in [2.05, 4.69) is 11.9 Å². The Hall–Kier alpha value is -0.610. The van der Waals surface area contributed by atoms with E-state index in [1.165, 1.54) is 0 Å². The summed E-state index contributed by atoms with van der Waals surface area (Å²) in [5.41, 5.74) is 5.72. The van der Waals surface area contributed by atoms with Crippen LogP contribution < -0.4 is 5.73 Å². The van der Waals surface area contributed by atoms with Crippen molar-refractivity contribution in [3.63, 3.8) is 0 Å². The molecule has 88 valence electrons. The minimum Gasteiger partial charge on any atom is -0.349 e. The second-order valence-corrected chi connectivity index (χ2v) is 4.72. The Balaban J connectivity index is 2.55. The van der Waals surface area contributed by atoms with Gasteiger partial charge in [-0.25, -0.2) is 0 Å². The maximum Gasteiger partial charge on any atom is 0.226 e. The Labute approximate surface area is 92.4 Å². The van der Waals surface area contributed by atoms with Gasteiger partial charge in [-0.15, -0.1) is 0 Å². The highest BCUT2D eigenvalue weighted by Gasteiger charge is 2.30. The number of carbonyl (C=O) groups is 1. The molecular formula is C11H23N3O. The van der Waals surface area contributed by atoms with E-state index in [0.717, 1.165) is 25.9 Å². The number of carbonyl (C=O) groups excluding carboxylic acids is 1. The van der Waals surface area contributed by atoms with Crippen LogP contribution in [0.2, 0.25) is 0 Å². The summed E-state index contributed by atoms with van der Waals surface area (Å²) in [6.45, 7) is 2.65. The van der Waals surface area contributed by atoms with Crippen molar-refractivity contribution in [2.75, 3.05) is 40.8 Å². The summed E-state index contributed by atoms with van der Waals surface area (Å²) < 4.78 is 0. The number of amides is 1. The quantitative estimate of drug-likeness (QED) is 0.717. The molecule has 0 aromatic heterocycles. The Morgan fingerprint density at radius 3 is 2.40 bits per heavy atom. The van der Waals surface area contributed by atoms with E-state index in [1.54, 1.807) is 19.0 Å². The molecule has 1 fully saturated rings. The highest BCUT2D eigenvalue weighted by atomic mass is 16.2. The zero-order chi connectivity index (χ0) is 11.4. The molecule has 0 bridgehead atoms. The second kappa shape index (κ2) is 5.47. The molecule has 1 amide bonds. The van der Waals surface area contributed by atoms with E-state index in [4.69, 9.17) is 5.73 Å². The molecule has 0 aromatic rings. The fraction of sp³-hybridized carbons (Fsp3) is 0.909. The molecule has 0 unspecified atom stereocenters. The summed E-state index contributed by atoms with van der Waals surface area (Å²) in [5.74, 6) is 0.682. The molecule has 1 atom stereocenters. The number of hydrogen-bond acceptors (Lipinski definition) is 3. The lowest BCUT2D eigenvalue weighted by Crippen LogP contribution is -2.43. The largest absolute Gasteiger partial charge is 0.349 e. The van der Waals surface area contributed by atoms with Gasteiger partial charge in [-0.3, -0.25) is 4.79 Å². The predicted molar refractivity (Wildman–Crippen MR) is 61.5 cm³/mol. The van der Waals surface area contributed by atoms with Crippen LogP contribution in [-0.4, -0.2) is 56.5 Å². The third-order valence-electron chi connectivity index (χ3n) is 3.34. The second-order valence-electron chi connectivity index (χ2n) is 4.72. The summed E-state index contributed by atoms with van der Waals surface area (Å²) in [6.07, 6.45) is 2.19. The number of piperidine rings is 1. The first-order valence-electron chi connectivity index (χ1n) is 5.66. The zero-order valence-electron chi connectivity index (χ0n) is 10.1. The Morgan fingerprint density at radius 1 is 1.47 bits per heavy atom. The molecule has 1 heterocycles. The van der Waals surface area contributed by atoms with Crippen LogP contribution in [0.5, 0.6) is 0 Å². The molecule has 0 aromatic carbocycles. The normalized spacial score (nSPS) is 21.3. The van der Waals surface area contributed by atoms with Crippen LogP contribution in [-0.2, 0) is 4.79 Å². The SMILES string of the molecule is CN1CCC([C@@H](CN)C(=O)N(C)C)CC1. The fourth-order valence-corrected chi connectivity index (χ4v) is 2.26. The predicted octanol–water partition coefficient (Wildman–Crippen LogP) is -0.00870. The molecule has 2 N–H and O–H groups in total.